The van der Waals surface area contributed by atoms with Gasteiger partial charge in [0.1, 0.15) is 5.82 Å². The maximum absolute atomic E-state index is 13.0. The number of benzene rings is 1. The highest BCUT2D eigenvalue weighted by molar-refractivity contribution is 5.85. The second kappa shape index (κ2) is 3.87. The van der Waals surface area contributed by atoms with Crippen LogP contribution >= 0.6 is 12.4 Å². The first-order chi connectivity index (χ1) is 5.38. The Kier molecular flexibility index (Phi) is 3.06. The van der Waals surface area contributed by atoms with Crippen molar-refractivity contribution in [3.8, 4) is 0 Å². The van der Waals surface area contributed by atoms with Gasteiger partial charge < -0.3 is 5.32 Å². The number of hydrogen-bond acceptors (Lipinski definition) is 1. The van der Waals surface area contributed by atoms with Crippen LogP contribution in [-0.4, -0.2) is 13.1 Å². The molecule has 1 aromatic rings. The third kappa shape index (κ3) is 1.59. The molecule has 3 heteroatoms. The fourth-order valence-corrected chi connectivity index (χ4v) is 1.31. The van der Waals surface area contributed by atoms with Crippen molar-refractivity contribution in [2.24, 2.45) is 0 Å². The second-order valence-corrected chi connectivity index (χ2v) is 2.88. The summed E-state index contributed by atoms with van der Waals surface area (Å²) in [4.78, 5) is 0. The predicted octanol–water partition coefficient (Wildman–Crippen LogP) is 1.93. The van der Waals surface area contributed by atoms with Gasteiger partial charge in [0.05, 0.1) is 0 Å². The topological polar surface area (TPSA) is 12.0 Å². The molecular formula is C9H11ClFN. The van der Waals surface area contributed by atoms with Gasteiger partial charge in [-0.3, -0.25) is 0 Å². The highest BCUT2D eigenvalue weighted by Gasteiger charge is 2.20. The van der Waals surface area contributed by atoms with Crippen molar-refractivity contribution in [2.45, 2.75) is 5.92 Å². The maximum Gasteiger partial charge on any atom is 0.126 e. The van der Waals surface area contributed by atoms with Crippen LogP contribution in [0.2, 0.25) is 0 Å². The van der Waals surface area contributed by atoms with Gasteiger partial charge >= 0.3 is 0 Å². The highest BCUT2D eigenvalue weighted by Crippen LogP contribution is 2.21. The van der Waals surface area contributed by atoms with Crippen LogP contribution in [0.15, 0.2) is 24.3 Å². The lowest BCUT2D eigenvalue weighted by Gasteiger charge is -2.27. The van der Waals surface area contributed by atoms with Crippen molar-refractivity contribution in [3.05, 3.63) is 35.6 Å². The molecule has 0 saturated carbocycles. The second-order valence-electron chi connectivity index (χ2n) is 2.88. The fraction of sp³-hybridized carbons (Fsp3) is 0.333. The predicted molar refractivity (Wildman–Crippen MR) is 49.3 cm³/mol. The third-order valence-corrected chi connectivity index (χ3v) is 2.13. The first-order valence-electron chi connectivity index (χ1n) is 3.83. The molecule has 0 aliphatic carbocycles. The van der Waals surface area contributed by atoms with Crippen molar-refractivity contribution in [1.29, 1.82) is 0 Å². The average molecular weight is 188 g/mol. The summed E-state index contributed by atoms with van der Waals surface area (Å²) in [6.07, 6.45) is 0. The zero-order valence-corrected chi connectivity index (χ0v) is 7.40. The number of halogens is 2. The van der Waals surface area contributed by atoms with Gasteiger partial charge in [-0.15, -0.1) is 12.4 Å². The third-order valence-electron chi connectivity index (χ3n) is 2.13. The molecule has 0 bridgehead atoms. The minimum atomic E-state index is -0.0704. The molecule has 0 aromatic heterocycles. The molecule has 1 aliphatic heterocycles. The summed E-state index contributed by atoms with van der Waals surface area (Å²) in [5, 5.41) is 3.12. The Bertz CT molecular complexity index is 260. The average Bonchev–Trinajstić information content (AvgIpc) is 1.90. The van der Waals surface area contributed by atoms with Crippen molar-refractivity contribution in [3.63, 3.8) is 0 Å². The largest absolute Gasteiger partial charge is 0.315 e. The molecule has 0 amide bonds. The van der Waals surface area contributed by atoms with Gasteiger partial charge in [0.2, 0.25) is 0 Å². The summed E-state index contributed by atoms with van der Waals surface area (Å²) in [7, 11) is 0. The van der Waals surface area contributed by atoms with Gasteiger partial charge in [0, 0.05) is 19.0 Å². The lowest BCUT2D eigenvalue weighted by atomic mass is 9.93. The van der Waals surface area contributed by atoms with Crippen molar-refractivity contribution in [2.75, 3.05) is 13.1 Å². The van der Waals surface area contributed by atoms with Crippen LogP contribution < -0.4 is 5.32 Å². The normalized spacial score (nSPS) is 16.4. The molecule has 66 valence electrons. The zero-order chi connectivity index (χ0) is 7.68. The van der Waals surface area contributed by atoms with Gasteiger partial charge in [-0.25, -0.2) is 4.39 Å². The molecule has 1 aliphatic rings. The van der Waals surface area contributed by atoms with E-state index in [0.717, 1.165) is 18.7 Å². The summed E-state index contributed by atoms with van der Waals surface area (Å²) in [6.45, 7) is 1.84. The van der Waals surface area contributed by atoms with Crippen LogP contribution in [0, 0.1) is 5.82 Å². The van der Waals surface area contributed by atoms with E-state index in [4.69, 9.17) is 0 Å². The SMILES string of the molecule is Cl.Fc1ccccc1C1CNC1. The first kappa shape index (κ1) is 9.49. The molecule has 0 radical (unpaired) electrons. The summed E-state index contributed by atoms with van der Waals surface area (Å²) >= 11 is 0. The molecule has 12 heavy (non-hydrogen) atoms. The Morgan fingerprint density at radius 1 is 1.25 bits per heavy atom. The Hall–Kier alpha value is -0.600. The molecule has 1 N–H and O–H groups in total. The van der Waals surface area contributed by atoms with E-state index in [1.807, 2.05) is 12.1 Å². The monoisotopic (exact) mass is 187 g/mol. The molecule has 2 rings (SSSR count). The zero-order valence-electron chi connectivity index (χ0n) is 6.59. The number of rotatable bonds is 1. The molecule has 1 heterocycles. The van der Waals surface area contributed by atoms with Gasteiger partial charge in [0.25, 0.3) is 0 Å². The highest BCUT2D eigenvalue weighted by atomic mass is 35.5. The maximum atomic E-state index is 13.0. The fourth-order valence-electron chi connectivity index (χ4n) is 1.31. The lowest BCUT2D eigenvalue weighted by molar-refractivity contribution is 0.431. The molecular weight excluding hydrogens is 177 g/mol. The van der Waals surface area contributed by atoms with E-state index in [2.05, 4.69) is 5.32 Å². The van der Waals surface area contributed by atoms with E-state index in [1.54, 1.807) is 6.07 Å². The van der Waals surface area contributed by atoms with Gasteiger partial charge in [0.15, 0.2) is 0 Å². The standard InChI is InChI=1S/C9H10FN.ClH/c10-9-4-2-1-3-8(9)7-5-11-6-7;/h1-4,7,11H,5-6H2;1H. The Morgan fingerprint density at radius 2 is 1.92 bits per heavy atom. The number of hydrogen-bond donors (Lipinski definition) is 1. The van der Waals surface area contributed by atoms with E-state index < -0.39 is 0 Å². The Balaban J connectivity index is 0.000000720. The van der Waals surface area contributed by atoms with E-state index in [0.29, 0.717) is 5.92 Å². The van der Waals surface area contributed by atoms with Gasteiger partial charge in [-0.05, 0) is 11.6 Å². The van der Waals surface area contributed by atoms with Crippen LogP contribution in [0.1, 0.15) is 11.5 Å². The molecule has 0 spiro atoms. The van der Waals surface area contributed by atoms with Crippen LogP contribution in [0.5, 0.6) is 0 Å². The summed E-state index contributed by atoms with van der Waals surface area (Å²) in [6, 6.07) is 7.00. The quantitative estimate of drug-likeness (QED) is 0.709. The van der Waals surface area contributed by atoms with E-state index in [1.165, 1.54) is 6.07 Å². The van der Waals surface area contributed by atoms with Crippen LogP contribution in [0.25, 0.3) is 0 Å². The molecule has 1 nitrogen and oxygen atoms in total. The minimum absolute atomic E-state index is 0. The lowest BCUT2D eigenvalue weighted by Crippen LogP contribution is -2.40. The summed E-state index contributed by atoms with van der Waals surface area (Å²) in [5.74, 6) is 0.329. The Labute approximate surface area is 77.4 Å². The molecule has 0 unspecified atom stereocenters. The van der Waals surface area contributed by atoms with Crippen molar-refractivity contribution < 1.29 is 4.39 Å². The van der Waals surface area contributed by atoms with Crippen molar-refractivity contribution in [1.82, 2.24) is 5.32 Å². The van der Waals surface area contributed by atoms with Gasteiger partial charge in [-0.2, -0.15) is 0 Å². The minimum Gasteiger partial charge on any atom is -0.315 e. The van der Waals surface area contributed by atoms with Crippen molar-refractivity contribution >= 4 is 12.4 Å². The smallest absolute Gasteiger partial charge is 0.126 e. The van der Waals surface area contributed by atoms with E-state index in [9.17, 15) is 4.39 Å². The molecule has 0 atom stereocenters. The molecule has 1 saturated heterocycles. The molecule has 1 fully saturated rings. The van der Waals surface area contributed by atoms with Crippen LogP contribution in [0.4, 0.5) is 4.39 Å². The number of nitrogens with one attached hydrogen (secondary N) is 1. The molecule has 1 aromatic carbocycles. The van der Waals surface area contributed by atoms with Crippen LogP contribution in [0.3, 0.4) is 0 Å². The summed E-state index contributed by atoms with van der Waals surface area (Å²) in [5.41, 5.74) is 0.853. The Morgan fingerprint density at radius 3 is 2.42 bits per heavy atom. The first-order valence-corrected chi connectivity index (χ1v) is 3.83. The van der Waals surface area contributed by atoms with E-state index in [-0.39, 0.29) is 18.2 Å². The van der Waals surface area contributed by atoms with Gasteiger partial charge in [-0.1, -0.05) is 18.2 Å². The van der Waals surface area contributed by atoms with E-state index >= 15 is 0 Å². The summed E-state index contributed by atoms with van der Waals surface area (Å²) < 4.78 is 13.0. The van der Waals surface area contributed by atoms with Crippen LogP contribution in [-0.2, 0) is 0 Å².